The molecule has 49 heavy (non-hydrogen) atoms. The molecule has 0 heterocycles. The lowest BCUT2D eigenvalue weighted by atomic mass is 10.2. The fourth-order valence-electron chi connectivity index (χ4n) is 4.18. The number of nitrogens with zero attached hydrogens (tertiary/aromatic N) is 5. The summed E-state index contributed by atoms with van der Waals surface area (Å²) in [4.78, 5) is 62.7. The minimum Gasteiger partial charge on any atom is -0.493 e. The lowest BCUT2D eigenvalue weighted by Gasteiger charge is -2.25. The monoisotopic (exact) mass is 691 g/mol. The maximum Gasteiger partial charge on any atom is 0.373 e. The van der Waals surface area contributed by atoms with Gasteiger partial charge in [-0.25, -0.2) is 4.39 Å². The van der Waals surface area contributed by atoms with Gasteiger partial charge in [-0.1, -0.05) is 18.0 Å². The van der Waals surface area contributed by atoms with Crippen LogP contribution in [0.3, 0.4) is 0 Å². The molecule has 0 spiro atoms. The van der Waals surface area contributed by atoms with Crippen LogP contribution in [-0.4, -0.2) is 91.0 Å². The maximum absolute atomic E-state index is 14.1. The number of esters is 2. The highest BCUT2D eigenvalue weighted by atomic mass is 19.1. The molecule has 0 unspecified atom stereocenters. The molecule has 0 fully saturated rings. The lowest BCUT2D eigenvalue weighted by Crippen LogP contribution is -2.31. The van der Waals surface area contributed by atoms with E-state index in [0.29, 0.717) is 49.1 Å². The molecule has 0 saturated heterocycles. The van der Waals surface area contributed by atoms with Crippen LogP contribution in [0.25, 0.3) is 10.4 Å². The zero-order valence-corrected chi connectivity index (χ0v) is 28.1. The number of carbonyl (C=O) groups excluding carboxylic acids is 6. The molecule has 0 saturated carbocycles. The quantitative estimate of drug-likeness (QED) is 0.0587. The van der Waals surface area contributed by atoms with E-state index >= 15 is 0 Å². The number of anilines is 2. The second-order valence-corrected chi connectivity index (χ2v) is 9.50. The van der Waals surface area contributed by atoms with Crippen LogP contribution >= 0.6 is 0 Å². The third-order valence-corrected chi connectivity index (χ3v) is 6.48. The number of benzene rings is 2. The van der Waals surface area contributed by atoms with E-state index in [4.69, 9.17) is 48.4 Å². The zero-order valence-electron chi connectivity index (χ0n) is 28.1. The van der Waals surface area contributed by atoms with Crippen LogP contribution in [0.2, 0.25) is 0 Å². The van der Waals surface area contributed by atoms with Crippen LogP contribution < -0.4 is 24.0 Å². The minimum atomic E-state index is -0.474. The molecule has 2 aromatic rings. The van der Waals surface area contributed by atoms with Gasteiger partial charge in [0.1, 0.15) is 49.4 Å². The molecule has 0 amide bonds. The van der Waals surface area contributed by atoms with Crippen LogP contribution in [0, 0.1) is 5.82 Å². The summed E-state index contributed by atoms with van der Waals surface area (Å²) in [6, 6.07) is 9.54. The van der Waals surface area contributed by atoms with Crippen LogP contribution in [-0.2, 0) is 38.2 Å². The molecule has 17 heteroatoms. The summed E-state index contributed by atoms with van der Waals surface area (Å²) in [5.41, 5.74) is 9.59. The molecule has 16 nitrogen and oxygen atoms in total. The first-order chi connectivity index (χ1) is 23.7. The molecule has 2 rings (SSSR count). The number of rotatable bonds is 21. The van der Waals surface area contributed by atoms with Gasteiger partial charge in [0.25, 0.3) is 0 Å². The van der Waals surface area contributed by atoms with E-state index in [1.807, 2.05) is 30.9 Å². The molecule has 0 aromatic heterocycles. The van der Waals surface area contributed by atoms with E-state index in [2.05, 4.69) is 10.0 Å². The van der Waals surface area contributed by atoms with Crippen molar-refractivity contribution in [1.29, 1.82) is 0 Å². The Bertz CT molecular complexity index is 1380. The van der Waals surface area contributed by atoms with Gasteiger partial charge in [0.15, 0.2) is 0 Å². The third-order valence-electron chi connectivity index (χ3n) is 6.48. The number of ether oxygens (including phenoxy) is 5. The van der Waals surface area contributed by atoms with Crippen molar-refractivity contribution in [1.82, 2.24) is 0 Å². The van der Waals surface area contributed by atoms with Crippen molar-refractivity contribution in [2.45, 2.75) is 39.5 Å². The van der Waals surface area contributed by atoms with Gasteiger partial charge < -0.3 is 33.5 Å². The minimum absolute atomic E-state index is 0.00949. The standard InChI is InChI=1S/C30H42FN5O7.2CO2/c1-5-35(21-29(37)39-3)25-13-11-23(31)19-27(25)42-17-18-43-28-20-24(41-16-10-8-7-9-15-33-34-32)12-14-26(28)36(6-2)22-30(38)40-4;2*2-1-3/h11-14,19-20H,5-10,15-18,21-22H2,1-4H3;;. The number of methoxy groups -OCH3 is 2. The van der Waals surface area contributed by atoms with E-state index in [0.717, 1.165) is 25.7 Å². The summed E-state index contributed by atoms with van der Waals surface area (Å²) in [6.07, 6.45) is 4.07. The third kappa shape index (κ3) is 18.3. The topological polar surface area (TPSA) is 204 Å². The molecular formula is C32H42FN5O11. The number of unbranched alkanes of at least 4 members (excludes halogenated alkanes) is 3. The van der Waals surface area contributed by atoms with Crippen molar-refractivity contribution >= 4 is 35.6 Å². The summed E-state index contributed by atoms with van der Waals surface area (Å²) in [6.45, 7) is 6.01. The predicted octanol–water partition coefficient (Wildman–Crippen LogP) is 4.36. The second kappa shape index (κ2) is 27.5. The van der Waals surface area contributed by atoms with Crippen molar-refractivity contribution in [3.63, 3.8) is 0 Å². The van der Waals surface area contributed by atoms with Crippen LogP contribution in [0.1, 0.15) is 39.5 Å². The van der Waals surface area contributed by atoms with Crippen LogP contribution in [0.4, 0.5) is 15.8 Å². The average molecular weight is 692 g/mol. The highest BCUT2D eigenvalue weighted by molar-refractivity contribution is 5.77. The number of hydrogen-bond donors (Lipinski definition) is 0. The maximum atomic E-state index is 14.1. The second-order valence-electron chi connectivity index (χ2n) is 9.50. The Balaban J connectivity index is 0.00000356. The highest BCUT2D eigenvalue weighted by Gasteiger charge is 2.18. The first-order valence-electron chi connectivity index (χ1n) is 15.1. The Hall–Kier alpha value is -5.62. The Morgan fingerprint density at radius 1 is 0.755 bits per heavy atom. The zero-order chi connectivity index (χ0) is 36.9. The van der Waals surface area contributed by atoms with Crippen molar-refractivity contribution in [2.24, 2.45) is 5.11 Å². The van der Waals surface area contributed by atoms with E-state index < -0.39 is 11.8 Å². The van der Waals surface area contributed by atoms with Gasteiger partial charge in [-0.3, -0.25) is 9.59 Å². The number of likely N-dealkylation sites (N-methyl/N-ethyl adjacent to an activating group) is 2. The Labute approximate surface area is 283 Å². The number of carbonyl (C=O) groups is 2. The normalized spacial score (nSPS) is 9.41. The molecule has 268 valence electrons. The molecule has 0 aliphatic carbocycles. The summed E-state index contributed by atoms with van der Waals surface area (Å²) >= 11 is 0. The molecular weight excluding hydrogens is 649 g/mol. The molecule has 0 aliphatic rings. The Kier molecular flexibility index (Phi) is 24.3. The molecule has 0 bridgehead atoms. The van der Waals surface area contributed by atoms with E-state index in [-0.39, 0.29) is 50.3 Å². The van der Waals surface area contributed by atoms with E-state index in [9.17, 15) is 14.0 Å². The molecule has 0 aliphatic heterocycles. The van der Waals surface area contributed by atoms with Crippen LogP contribution in [0.15, 0.2) is 41.5 Å². The van der Waals surface area contributed by atoms with E-state index in [1.165, 1.54) is 26.4 Å². The molecule has 0 radical (unpaired) electrons. The van der Waals surface area contributed by atoms with Gasteiger partial charge in [0.05, 0.1) is 32.2 Å². The van der Waals surface area contributed by atoms with Crippen molar-refractivity contribution < 1.29 is 56.8 Å². The Morgan fingerprint density at radius 2 is 1.24 bits per heavy atom. The SMILES string of the molecule is CCN(CC(=O)OC)c1ccc(F)cc1OCCOc1cc(OCCCCCCN=[N+]=[N-])ccc1N(CC)CC(=O)OC.O=C=O.O=C=O. The summed E-state index contributed by atoms with van der Waals surface area (Å²) in [5.74, 6) is 0.0824. The van der Waals surface area contributed by atoms with E-state index in [1.54, 1.807) is 17.0 Å². The summed E-state index contributed by atoms with van der Waals surface area (Å²) in [5, 5.41) is 3.54. The molecule has 2 aromatic carbocycles. The Morgan fingerprint density at radius 3 is 1.73 bits per heavy atom. The molecule has 0 N–H and O–H groups in total. The number of halogens is 1. The first kappa shape index (κ1) is 43.4. The van der Waals surface area contributed by atoms with Gasteiger partial charge >= 0.3 is 24.2 Å². The van der Waals surface area contributed by atoms with Gasteiger partial charge in [-0.05, 0) is 56.5 Å². The lowest BCUT2D eigenvalue weighted by molar-refractivity contribution is -0.193. The fraction of sp³-hybridized carbons (Fsp3) is 0.500. The number of hydrogen-bond acceptors (Lipinski definition) is 14. The van der Waals surface area contributed by atoms with Crippen molar-refractivity contribution in [2.75, 3.05) is 76.6 Å². The van der Waals surface area contributed by atoms with Crippen LogP contribution in [0.5, 0.6) is 17.2 Å². The summed E-state index contributed by atoms with van der Waals surface area (Å²) in [7, 11) is 2.65. The van der Waals surface area contributed by atoms with Crippen molar-refractivity contribution in [3.8, 4) is 17.2 Å². The fourth-order valence-corrected chi connectivity index (χ4v) is 4.18. The van der Waals surface area contributed by atoms with Gasteiger partial charge in [0, 0.05) is 36.7 Å². The highest BCUT2D eigenvalue weighted by Crippen LogP contribution is 2.33. The number of azide groups is 1. The average Bonchev–Trinajstić information content (AvgIpc) is 3.10. The van der Waals surface area contributed by atoms with Crippen molar-refractivity contribution in [3.05, 3.63) is 52.7 Å². The smallest absolute Gasteiger partial charge is 0.373 e. The van der Waals surface area contributed by atoms with Gasteiger partial charge in [-0.2, -0.15) is 19.2 Å². The summed E-state index contributed by atoms with van der Waals surface area (Å²) < 4.78 is 41.7. The molecule has 0 atom stereocenters. The van der Waals surface area contributed by atoms with Gasteiger partial charge in [-0.15, -0.1) is 0 Å². The largest absolute Gasteiger partial charge is 0.493 e. The first-order valence-corrected chi connectivity index (χ1v) is 15.1. The van der Waals surface area contributed by atoms with Gasteiger partial charge in [0.2, 0.25) is 0 Å². The predicted molar refractivity (Wildman–Crippen MR) is 172 cm³/mol.